The second-order valence-electron chi connectivity index (χ2n) is 8.59. The van der Waals surface area contributed by atoms with Crippen LogP contribution in [-0.4, -0.2) is 21.7 Å². The molecule has 0 unspecified atom stereocenters. The highest BCUT2D eigenvalue weighted by molar-refractivity contribution is 9.10. The fourth-order valence-corrected chi connectivity index (χ4v) is 4.89. The summed E-state index contributed by atoms with van der Waals surface area (Å²) in [6.07, 6.45) is 2.67. The van der Waals surface area contributed by atoms with E-state index in [4.69, 9.17) is 5.73 Å². The summed E-state index contributed by atoms with van der Waals surface area (Å²) in [5, 5.41) is 9.85. The Bertz CT molecular complexity index is 673. The molecule has 24 heavy (non-hydrogen) atoms. The van der Waals surface area contributed by atoms with Gasteiger partial charge in [-0.05, 0) is 47.0 Å². The molecule has 0 bridgehead atoms. The lowest BCUT2D eigenvalue weighted by Gasteiger charge is -2.35. The second-order valence-corrected chi connectivity index (χ2v) is 9.39. The highest BCUT2D eigenvalue weighted by Crippen LogP contribution is 2.46. The number of carbonyl (C=O) groups is 2. The molecular weight excluding hydrogens is 372 g/mol. The number of hydrogen-bond acceptors (Lipinski definition) is 2. The maximum absolute atomic E-state index is 12.1. The molecule has 1 aromatic heterocycles. The van der Waals surface area contributed by atoms with E-state index in [0.717, 1.165) is 25.7 Å². The van der Waals surface area contributed by atoms with Crippen molar-refractivity contribution in [2.45, 2.75) is 71.6 Å². The van der Waals surface area contributed by atoms with Gasteiger partial charge in [-0.15, -0.1) is 0 Å². The minimum absolute atomic E-state index is 0.0315. The molecule has 0 saturated heterocycles. The van der Waals surface area contributed by atoms with Gasteiger partial charge in [0.2, 0.25) is 0 Å². The van der Waals surface area contributed by atoms with E-state index >= 15 is 0 Å². The van der Waals surface area contributed by atoms with Gasteiger partial charge in [-0.3, -0.25) is 9.36 Å². The zero-order valence-corrected chi connectivity index (χ0v) is 16.7. The van der Waals surface area contributed by atoms with E-state index in [-0.39, 0.29) is 11.3 Å². The van der Waals surface area contributed by atoms with Crippen LogP contribution in [0.2, 0.25) is 0 Å². The Labute approximate surface area is 151 Å². The Kier molecular flexibility index (Phi) is 4.92. The van der Waals surface area contributed by atoms with Crippen LogP contribution >= 0.6 is 15.9 Å². The Morgan fingerprint density at radius 2 is 1.75 bits per heavy atom. The molecule has 1 aromatic rings. The minimum Gasteiger partial charge on any atom is -0.464 e. The number of halogens is 1. The van der Waals surface area contributed by atoms with Crippen molar-refractivity contribution in [3.63, 3.8) is 0 Å². The Hall–Kier alpha value is -1.30. The lowest BCUT2D eigenvalue weighted by Crippen LogP contribution is -2.28. The number of carboxylic acid groups (broad SMARTS) is 1. The summed E-state index contributed by atoms with van der Waals surface area (Å²) in [6, 6.07) is 0. The average molecular weight is 399 g/mol. The van der Waals surface area contributed by atoms with E-state index < -0.39 is 17.4 Å². The van der Waals surface area contributed by atoms with Crippen molar-refractivity contribution < 1.29 is 14.7 Å². The van der Waals surface area contributed by atoms with Crippen molar-refractivity contribution in [2.75, 3.05) is 0 Å². The topological polar surface area (TPSA) is 85.3 Å². The molecule has 2 rings (SSSR count). The van der Waals surface area contributed by atoms with Gasteiger partial charge >= 0.3 is 6.09 Å². The summed E-state index contributed by atoms with van der Waals surface area (Å²) in [6.45, 7) is 10.3. The van der Waals surface area contributed by atoms with Gasteiger partial charge in [-0.2, -0.15) is 0 Å². The molecule has 3 N–H and O–H groups in total. The molecule has 1 fully saturated rings. The summed E-state index contributed by atoms with van der Waals surface area (Å²) in [5.41, 5.74) is 6.92. The number of amides is 1. The smallest absolute Gasteiger partial charge is 0.416 e. The first-order valence-electron chi connectivity index (χ1n) is 8.34. The van der Waals surface area contributed by atoms with Gasteiger partial charge < -0.3 is 10.8 Å². The molecule has 0 radical (unpaired) electrons. The zero-order chi connectivity index (χ0) is 18.4. The molecule has 0 spiro atoms. The number of rotatable bonds is 2. The molecule has 1 amide bonds. The van der Waals surface area contributed by atoms with Gasteiger partial charge in [-0.1, -0.05) is 34.6 Å². The van der Waals surface area contributed by atoms with E-state index in [1.54, 1.807) is 0 Å². The molecule has 6 heteroatoms. The van der Waals surface area contributed by atoms with Crippen LogP contribution in [0.3, 0.4) is 0 Å². The van der Waals surface area contributed by atoms with Gasteiger partial charge in [0, 0.05) is 22.7 Å². The fraction of sp³-hybridized carbons (Fsp3) is 0.667. The predicted molar refractivity (Wildman–Crippen MR) is 97.8 cm³/mol. The van der Waals surface area contributed by atoms with Crippen LogP contribution in [0.25, 0.3) is 0 Å². The van der Waals surface area contributed by atoms with Gasteiger partial charge in [0.1, 0.15) is 0 Å². The Balaban J connectivity index is 2.70. The van der Waals surface area contributed by atoms with E-state index in [0.29, 0.717) is 21.4 Å². The van der Waals surface area contributed by atoms with Crippen LogP contribution in [0.4, 0.5) is 4.79 Å². The Morgan fingerprint density at radius 1 is 1.25 bits per heavy atom. The van der Waals surface area contributed by atoms with Gasteiger partial charge in [0.25, 0.3) is 5.91 Å². The number of carbonyl (C=O) groups excluding carboxylic acids is 1. The largest absolute Gasteiger partial charge is 0.464 e. The first-order chi connectivity index (χ1) is 10.9. The third-order valence-electron chi connectivity index (χ3n) is 5.02. The lowest BCUT2D eigenvalue weighted by atomic mass is 9.72. The van der Waals surface area contributed by atoms with Crippen LogP contribution in [0.15, 0.2) is 4.47 Å². The maximum Gasteiger partial charge on any atom is 0.416 e. The summed E-state index contributed by atoms with van der Waals surface area (Å²) < 4.78 is 1.82. The summed E-state index contributed by atoms with van der Waals surface area (Å²) in [4.78, 5) is 24.2. The third-order valence-corrected chi connectivity index (χ3v) is 5.79. The van der Waals surface area contributed by atoms with Crippen molar-refractivity contribution in [3.8, 4) is 0 Å². The number of primary amides is 1. The SMILES string of the molecule is CC1(C)CCC(c2c(C(N)=O)c(Br)c(C(C)(C)C)n2C(=O)O)CC1. The third kappa shape index (κ3) is 3.39. The van der Waals surface area contributed by atoms with Crippen LogP contribution in [0.1, 0.15) is 88.0 Å². The zero-order valence-electron chi connectivity index (χ0n) is 15.1. The number of hydrogen-bond donors (Lipinski definition) is 2. The predicted octanol–water partition coefficient (Wildman–Crippen LogP) is 4.86. The van der Waals surface area contributed by atoms with E-state index in [9.17, 15) is 14.7 Å². The van der Waals surface area contributed by atoms with Crippen molar-refractivity contribution >= 4 is 27.9 Å². The number of aromatic nitrogens is 1. The van der Waals surface area contributed by atoms with Crippen molar-refractivity contribution in [1.82, 2.24) is 4.57 Å². The van der Waals surface area contributed by atoms with Gasteiger partial charge in [0.15, 0.2) is 0 Å². The first-order valence-corrected chi connectivity index (χ1v) is 9.14. The first kappa shape index (κ1) is 19.0. The number of nitrogens with two attached hydrogens (primary N) is 1. The monoisotopic (exact) mass is 398 g/mol. The molecule has 5 nitrogen and oxygen atoms in total. The molecule has 0 aliphatic heterocycles. The van der Waals surface area contributed by atoms with Crippen LogP contribution in [-0.2, 0) is 5.41 Å². The van der Waals surface area contributed by atoms with E-state index in [2.05, 4.69) is 29.8 Å². The Morgan fingerprint density at radius 3 is 2.12 bits per heavy atom. The normalized spacial score (nSPS) is 18.6. The van der Waals surface area contributed by atoms with Crippen molar-refractivity contribution in [2.24, 2.45) is 11.1 Å². The van der Waals surface area contributed by atoms with Crippen molar-refractivity contribution in [1.29, 1.82) is 0 Å². The fourth-order valence-electron chi connectivity index (χ4n) is 3.72. The summed E-state index contributed by atoms with van der Waals surface area (Å²) in [5.74, 6) is -0.545. The number of nitrogens with zero attached hydrogens (tertiary/aromatic N) is 1. The molecule has 1 aliphatic rings. The van der Waals surface area contributed by atoms with Crippen LogP contribution in [0.5, 0.6) is 0 Å². The van der Waals surface area contributed by atoms with Crippen molar-refractivity contribution in [3.05, 3.63) is 21.4 Å². The van der Waals surface area contributed by atoms with Gasteiger partial charge in [0.05, 0.1) is 10.0 Å². The molecule has 0 atom stereocenters. The standard InChI is InChI=1S/C18H27BrN2O3/c1-17(2,3)14-12(19)11(15(20)22)13(21(14)16(23)24)10-6-8-18(4,5)9-7-10/h10H,6-9H2,1-5H3,(H2,20,22)(H,23,24). The highest BCUT2D eigenvalue weighted by Gasteiger charge is 2.38. The quantitative estimate of drug-likeness (QED) is 0.745. The molecule has 1 aliphatic carbocycles. The molecule has 1 saturated carbocycles. The van der Waals surface area contributed by atoms with Gasteiger partial charge in [-0.25, -0.2) is 4.79 Å². The van der Waals surface area contributed by atoms with E-state index in [1.807, 2.05) is 20.8 Å². The van der Waals surface area contributed by atoms with E-state index in [1.165, 1.54) is 4.57 Å². The summed E-state index contributed by atoms with van der Waals surface area (Å²) in [7, 11) is 0. The average Bonchev–Trinajstić information content (AvgIpc) is 2.72. The summed E-state index contributed by atoms with van der Waals surface area (Å²) >= 11 is 3.46. The minimum atomic E-state index is -1.06. The second kappa shape index (κ2) is 6.21. The van der Waals surface area contributed by atoms with Crippen LogP contribution in [0, 0.1) is 5.41 Å². The highest BCUT2D eigenvalue weighted by atomic mass is 79.9. The molecule has 0 aromatic carbocycles. The van der Waals surface area contributed by atoms with Crippen LogP contribution < -0.4 is 5.73 Å². The molecule has 134 valence electrons. The lowest BCUT2D eigenvalue weighted by molar-refractivity contribution is 0.0997. The molecule has 1 heterocycles. The maximum atomic E-state index is 12.1. The molecular formula is C18H27BrN2O3.